The Hall–Kier alpha value is -1.10. The van der Waals surface area contributed by atoms with Crippen molar-refractivity contribution in [2.24, 2.45) is 5.41 Å². The molecule has 0 aliphatic carbocycles. The van der Waals surface area contributed by atoms with Crippen molar-refractivity contribution in [3.05, 3.63) is 28.5 Å². The first-order chi connectivity index (χ1) is 7.86. The van der Waals surface area contributed by atoms with E-state index in [2.05, 4.69) is 20.7 Å². The molecule has 0 atom stereocenters. The van der Waals surface area contributed by atoms with Crippen molar-refractivity contribution in [3.63, 3.8) is 0 Å². The normalized spacial score (nSPS) is 11.1. The molecule has 0 saturated carbocycles. The van der Waals surface area contributed by atoms with Gasteiger partial charge in [0.15, 0.2) is 11.6 Å². The van der Waals surface area contributed by atoms with E-state index >= 15 is 0 Å². The van der Waals surface area contributed by atoms with Gasteiger partial charge in [0, 0.05) is 4.47 Å². The zero-order valence-electron chi connectivity index (χ0n) is 9.92. The average Bonchev–Trinajstić information content (AvgIpc) is 2.26. The van der Waals surface area contributed by atoms with Crippen LogP contribution in [0.2, 0.25) is 0 Å². The van der Waals surface area contributed by atoms with Gasteiger partial charge in [-0.05, 0) is 32.0 Å². The number of carbonyl (C=O) groups excluding carboxylic acids is 1. The van der Waals surface area contributed by atoms with Gasteiger partial charge < -0.3 is 9.47 Å². The topological polar surface area (TPSA) is 35.5 Å². The number of halogens is 2. The minimum absolute atomic E-state index is 0.0538. The highest BCUT2D eigenvalue weighted by Crippen LogP contribution is 2.24. The number of hydrogen-bond donors (Lipinski definition) is 0. The van der Waals surface area contributed by atoms with Crippen LogP contribution in [0.4, 0.5) is 4.39 Å². The number of rotatable bonds is 4. The van der Waals surface area contributed by atoms with Crippen molar-refractivity contribution < 1.29 is 18.7 Å². The Bertz CT molecular complexity index is 418. The van der Waals surface area contributed by atoms with Crippen molar-refractivity contribution >= 4 is 21.9 Å². The lowest BCUT2D eigenvalue weighted by atomic mass is 9.95. The number of esters is 1. The first-order valence-electron chi connectivity index (χ1n) is 5.03. The molecule has 0 aliphatic rings. The SMILES string of the molecule is COC(=O)C(C)(C)COc1ccc(Br)cc1F. The number of benzene rings is 1. The lowest BCUT2D eigenvalue weighted by Gasteiger charge is -2.21. The summed E-state index contributed by atoms with van der Waals surface area (Å²) in [4.78, 5) is 11.4. The third-order valence-corrected chi connectivity index (χ3v) is 2.71. The fraction of sp³-hybridized carbons (Fsp3) is 0.417. The van der Waals surface area contributed by atoms with Gasteiger partial charge in [-0.15, -0.1) is 0 Å². The van der Waals surface area contributed by atoms with E-state index in [1.807, 2.05) is 0 Å². The van der Waals surface area contributed by atoms with Crippen molar-refractivity contribution in [2.45, 2.75) is 13.8 Å². The minimum Gasteiger partial charge on any atom is -0.489 e. The van der Waals surface area contributed by atoms with Crippen LogP contribution < -0.4 is 4.74 Å². The summed E-state index contributed by atoms with van der Waals surface area (Å²) in [5, 5.41) is 0. The first kappa shape index (κ1) is 14.0. The van der Waals surface area contributed by atoms with Crippen LogP contribution in [0, 0.1) is 11.2 Å². The van der Waals surface area contributed by atoms with Crippen molar-refractivity contribution in [1.29, 1.82) is 0 Å². The molecule has 0 aliphatic heterocycles. The molecule has 5 heteroatoms. The van der Waals surface area contributed by atoms with Gasteiger partial charge in [-0.25, -0.2) is 4.39 Å². The quantitative estimate of drug-likeness (QED) is 0.802. The van der Waals surface area contributed by atoms with E-state index in [4.69, 9.17) is 4.74 Å². The molecule has 0 saturated heterocycles. The smallest absolute Gasteiger partial charge is 0.314 e. The number of carbonyl (C=O) groups is 1. The third-order valence-electron chi connectivity index (χ3n) is 2.22. The van der Waals surface area contributed by atoms with E-state index in [0.717, 1.165) is 0 Å². The highest BCUT2D eigenvalue weighted by atomic mass is 79.9. The summed E-state index contributed by atoms with van der Waals surface area (Å²) in [5.41, 5.74) is -0.811. The van der Waals surface area contributed by atoms with E-state index in [9.17, 15) is 9.18 Å². The Balaban J connectivity index is 2.70. The maximum absolute atomic E-state index is 13.4. The van der Waals surface area contributed by atoms with Gasteiger partial charge >= 0.3 is 5.97 Å². The van der Waals surface area contributed by atoms with E-state index in [-0.39, 0.29) is 12.4 Å². The summed E-state index contributed by atoms with van der Waals surface area (Å²) in [6.07, 6.45) is 0. The van der Waals surface area contributed by atoms with Gasteiger partial charge in [-0.1, -0.05) is 15.9 Å². The highest BCUT2D eigenvalue weighted by Gasteiger charge is 2.30. The van der Waals surface area contributed by atoms with Crippen LogP contribution in [0.3, 0.4) is 0 Å². The van der Waals surface area contributed by atoms with Crippen LogP contribution >= 0.6 is 15.9 Å². The van der Waals surface area contributed by atoms with Crippen molar-refractivity contribution in [2.75, 3.05) is 13.7 Å². The summed E-state index contributed by atoms with van der Waals surface area (Å²) >= 11 is 3.15. The second-order valence-corrected chi connectivity index (χ2v) is 5.15. The molecule has 0 bridgehead atoms. The fourth-order valence-corrected chi connectivity index (χ4v) is 1.52. The van der Waals surface area contributed by atoms with Gasteiger partial charge in [-0.3, -0.25) is 4.79 Å². The molecular formula is C12H14BrFO3. The molecule has 94 valence electrons. The van der Waals surface area contributed by atoms with Crippen LogP contribution in [0.15, 0.2) is 22.7 Å². The second-order valence-electron chi connectivity index (χ2n) is 4.24. The van der Waals surface area contributed by atoms with E-state index in [1.54, 1.807) is 19.9 Å². The Kier molecular flexibility index (Phi) is 4.51. The Morgan fingerprint density at radius 2 is 2.12 bits per heavy atom. The van der Waals surface area contributed by atoms with Crippen LogP contribution in [-0.4, -0.2) is 19.7 Å². The van der Waals surface area contributed by atoms with Crippen LogP contribution in [-0.2, 0) is 9.53 Å². The Morgan fingerprint density at radius 3 is 2.65 bits per heavy atom. The van der Waals surface area contributed by atoms with Gasteiger partial charge in [0.1, 0.15) is 6.61 Å². The molecule has 0 amide bonds. The molecule has 0 spiro atoms. The zero-order chi connectivity index (χ0) is 13.1. The lowest BCUT2D eigenvalue weighted by Crippen LogP contribution is -2.32. The molecule has 0 radical (unpaired) electrons. The monoisotopic (exact) mass is 304 g/mol. The van der Waals surface area contributed by atoms with Gasteiger partial charge in [0.25, 0.3) is 0 Å². The molecule has 1 rings (SSSR count). The third kappa shape index (κ3) is 3.70. The molecule has 0 N–H and O–H groups in total. The van der Waals surface area contributed by atoms with Gasteiger partial charge in [0.2, 0.25) is 0 Å². The molecule has 1 aromatic rings. The number of methoxy groups -OCH3 is 1. The second kappa shape index (κ2) is 5.49. The molecular weight excluding hydrogens is 291 g/mol. The minimum atomic E-state index is -0.811. The largest absolute Gasteiger partial charge is 0.489 e. The summed E-state index contributed by atoms with van der Waals surface area (Å²) < 4.78 is 24.0. The van der Waals surface area contributed by atoms with Crippen molar-refractivity contribution in [3.8, 4) is 5.75 Å². The molecule has 0 unspecified atom stereocenters. The summed E-state index contributed by atoms with van der Waals surface area (Å²) in [6, 6.07) is 4.48. The zero-order valence-corrected chi connectivity index (χ0v) is 11.5. The Morgan fingerprint density at radius 1 is 1.47 bits per heavy atom. The molecule has 17 heavy (non-hydrogen) atoms. The molecule has 0 heterocycles. The standard InChI is InChI=1S/C12H14BrFO3/c1-12(2,11(15)16-3)7-17-10-5-4-8(13)6-9(10)14/h4-6H,7H2,1-3H3. The fourth-order valence-electron chi connectivity index (χ4n) is 1.19. The van der Waals surface area contributed by atoms with E-state index < -0.39 is 17.2 Å². The molecule has 1 aromatic carbocycles. The van der Waals surface area contributed by atoms with E-state index in [0.29, 0.717) is 4.47 Å². The van der Waals surface area contributed by atoms with Crippen LogP contribution in [0.25, 0.3) is 0 Å². The molecule has 0 fully saturated rings. The lowest BCUT2D eigenvalue weighted by molar-refractivity contribution is -0.152. The van der Waals surface area contributed by atoms with Crippen LogP contribution in [0.1, 0.15) is 13.8 Å². The maximum atomic E-state index is 13.4. The molecule has 3 nitrogen and oxygen atoms in total. The van der Waals surface area contributed by atoms with Gasteiger partial charge in [0.05, 0.1) is 12.5 Å². The van der Waals surface area contributed by atoms with Crippen LogP contribution in [0.5, 0.6) is 5.75 Å². The summed E-state index contributed by atoms with van der Waals surface area (Å²) in [5.74, 6) is -0.750. The average molecular weight is 305 g/mol. The maximum Gasteiger partial charge on any atom is 0.314 e. The Labute approximate surface area is 108 Å². The van der Waals surface area contributed by atoms with E-state index in [1.165, 1.54) is 19.2 Å². The predicted octanol–water partition coefficient (Wildman–Crippen LogP) is 3.17. The van der Waals surface area contributed by atoms with Gasteiger partial charge in [-0.2, -0.15) is 0 Å². The van der Waals surface area contributed by atoms with Crippen molar-refractivity contribution in [1.82, 2.24) is 0 Å². The first-order valence-corrected chi connectivity index (χ1v) is 5.82. The predicted molar refractivity (Wildman–Crippen MR) is 65.4 cm³/mol. The summed E-state index contributed by atoms with van der Waals surface area (Å²) in [7, 11) is 1.31. The highest BCUT2D eigenvalue weighted by molar-refractivity contribution is 9.10. The molecule has 0 aromatic heterocycles. The number of ether oxygens (including phenoxy) is 2. The number of hydrogen-bond acceptors (Lipinski definition) is 3. The summed E-state index contributed by atoms with van der Waals surface area (Å²) in [6.45, 7) is 3.41.